The van der Waals surface area contributed by atoms with Gasteiger partial charge in [0.15, 0.2) is 0 Å². The second-order valence-corrected chi connectivity index (χ2v) is 5.74. The van der Waals surface area contributed by atoms with Crippen molar-refractivity contribution in [3.63, 3.8) is 0 Å². The highest BCUT2D eigenvalue weighted by Crippen LogP contribution is 2.39. The first-order valence-electron chi connectivity index (χ1n) is 7.21. The van der Waals surface area contributed by atoms with Crippen LogP contribution >= 0.6 is 0 Å². The molecule has 112 valence electrons. The molecule has 5 nitrogen and oxygen atoms in total. The van der Waals surface area contributed by atoms with Crippen LogP contribution in [0, 0.1) is 5.92 Å². The minimum atomic E-state index is -0.917. The number of amides is 1. The molecule has 0 bridgehead atoms. The first kappa shape index (κ1) is 14.3. The number of nitrogens with two attached hydrogens (primary N) is 1. The molecule has 2 heterocycles. The van der Waals surface area contributed by atoms with Crippen molar-refractivity contribution in [3.05, 3.63) is 60.0 Å². The van der Waals surface area contributed by atoms with Crippen molar-refractivity contribution in [1.29, 1.82) is 0 Å². The first-order chi connectivity index (χ1) is 10.6. The van der Waals surface area contributed by atoms with E-state index in [1.54, 1.807) is 18.6 Å². The van der Waals surface area contributed by atoms with Gasteiger partial charge in [0, 0.05) is 17.8 Å². The minimum absolute atomic E-state index is 0.0152. The number of H-pyrrole nitrogens is 1. The van der Waals surface area contributed by atoms with E-state index in [1.807, 2.05) is 44.2 Å². The van der Waals surface area contributed by atoms with E-state index < -0.39 is 5.41 Å². The maximum absolute atomic E-state index is 12.5. The molecular formula is C17H18N4O. The second-order valence-electron chi connectivity index (χ2n) is 5.74. The lowest BCUT2D eigenvalue weighted by Gasteiger charge is -2.35. The third-order valence-corrected chi connectivity index (χ3v) is 4.27. The Hall–Kier alpha value is -2.69. The summed E-state index contributed by atoms with van der Waals surface area (Å²) in [5.41, 5.74) is 7.54. The predicted molar refractivity (Wildman–Crippen MR) is 85.1 cm³/mol. The maximum atomic E-state index is 12.5. The van der Waals surface area contributed by atoms with E-state index in [0.29, 0.717) is 0 Å². The standard InChI is InChI=1S/C17H18N4O/c1-11(2)17(16(18)22,14-4-3-7-19-10-14)13-5-6-15-12(8-13)9-20-21-15/h3-11H,1-2H3,(H2,18,22)(H,20,21). The van der Waals surface area contributed by atoms with Gasteiger partial charge in [-0.3, -0.25) is 14.9 Å². The average molecular weight is 294 g/mol. The summed E-state index contributed by atoms with van der Waals surface area (Å²) in [7, 11) is 0. The summed E-state index contributed by atoms with van der Waals surface area (Å²) < 4.78 is 0. The number of pyridine rings is 1. The van der Waals surface area contributed by atoms with Crippen LogP contribution in [0.1, 0.15) is 25.0 Å². The number of aromatic amines is 1. The molecular weight excluding hydrogens is 276 g/mol. The summed E-state index contributed by atoms with van der Waals surface area (Å²) in [4.78, 5) is 16.7. The number of benzene rings is 1. The molecule has 1 amide bonds. The highest BCUT2D eigenvalue weighted by Gasteiger charge is 2.43. The smallest absolute Gasteiger partial charge is 0.232 e. The lowest BCUT2D eigenvalue weighted by Crippen LogP contribution is -2.46. The Morgan fingerprint density at radius 1 is 1.23 bits per heavy atom. The zero-order chi connectivity index (χ0) is 15.7. The highest BCUT2D eigenvalue weighted by atomic mass is 16.1. The fraction of sp³-hybridized carbons (Fsp3) is 0.235. The molecule has 0 aliphatic heterocycles. The summed E-state index contributed by atoms with van der Waals surface area (Å²) in [6.45, 7) is 3.99. The molecule has 1 atom stereocenters. The molecule has 0 aliphatic rings. The quantitative estimate of drug-likeness (QED) is 0.774. The van der Waals surface area contributed by atoms with Crippen molar-refractivity contribution in [1.82, 2.24) is 15.2 Å². The Kier molecular flexibility index (Phi) is 3.41. The van der Waals surface area contributed by atoms with E-state index in [1.165, 1.54) is 0 Å². The zero-order valence-electron chi connectivity index (χ0n) is 12.6. The number of primary amides is 1. The van der Waals surface area contributed by atoms with E-state index in [-0.39, 0.29) is 11.8 Å². The van der Waals surface area contributed by atoms with E-state index in [9.17, 15) is 4.79 Å². The van der Waals surface area contributed by atoms with Gasteiger partial charge in [0.2, 0.25) is 5.91 Å². The number of rotatable bonds is 4. The number of carbonyl (C=O) groups excluding carboxylic acids is 1. The molecule has 3 aromatic rings. The van der Waals surface area contributed by atoms with E-state index in [0.717, 1.165) is 22.0 Å². The summed E-state index contributed by atoms with van der Waals surface area (Å²) in [6.07, 6.45) is 5.15. The van der Waals surface area contributed by atoms with Gasteiger partial charge in [0.25, 0.3) is 0 Å². The molecule has 0 radical (unpaired) electrons. The van der Waals surface area contributed by atoms with Crippen LogP contribution in [0.5, 0.6) is 0 Å². The zero-order valence-corrected chi connectivity index (χ0v) is 12.6. The molecule has 2 aromatic heterocycles. The van der Waals surface area contributed by atoms with Crippen molar-refractivity contribution < 1.29 is 4.79 Å². The molecule has 0 fully saturated rings. The third kappa shape index (κ3) is 1.97. The number of hydrogen-bond donors (Lipinski definition) is 2. The largest absolute Gasteiger partial charge is 0.369 e. The number of fused-ring (bicyclic) bond motifs is 1. The Bertz CT molecular complexity index is 810. The number of carbonyl (C=O) groups is 1. The van der Waals surface area contributed by atoms with Gasteiger partial charge in [0.1, 0.15) is 5.41 Å². The average Bonchev–Trinajstić information content (AvgIpc) is 2.96. The van der Waals surface area contributed by atoms with Crippen molar-refractivity contribution >= 4 is 16.8 Å². The Balaban J connectivity index is 2.31. The van der Waals surface area contributed by atoms with Crippen LogP contribution in [-0.2, 0) is 10.2 Å². The van der Waals surface area contributed by atoms with E-state index >= 15 is 0 Å². The fourth-order valence-electron chi connectivity index (χ4n) is 3.19. The second kappa shape index (κ2) is 5.26. The fourth-order valence-corrected chi connectivity index (χ4v) is 3.19. The van der Waals surface area contributed by atoms with Crippen molar-refractivity contribution in [2.75, 3.05) is 0 Å². The van der Waals surface area contributed by atoms with Crippen LogP contribution in [0.2, 0.25) is 0 Å². The van der Waals surface area contributed by atoms with Crippen LogP contribution in [-0.4, -0.2) is 21.1 Å². The Labute approximate surface area is 128 Å². The minimum Gasteiger partial charge on any atom is -0.369 e. The number of nitrogens with zero attached hydrogens (tertiary/aromatic N) is 2. The molecule has 0 aliphatic carbocycles. The van der Waals surface area contributed by atoms with Gasteiger partial charge in [-0.25, -0.2) is 0 Å². The molecule has 3 N–H and O–H groups in total. The van der Waals surface area contributed by atoms with Gasteiger partial charge in [-0.15, -0.1) is 0 Å². The van der Waals surface area contributed by atoms with Crippen LogP contribution in [0.4, 0.5) is 0 Å². The van der Waals surface area contributed by atoms with E-state index in [2.05, 4.69) is 15.2 Å². The van der Waals surface area contributed by atoms with Crippen LogP contribution in [0.25, 0.3) is 10.9 Å². The third-order valence-electron chi connectivity index (χ3n) is 4.27. The maximum Gasteiger partial charge on any atom is 0.232 e. The van der Waals surface area contributed by atoms with Gasteiger partial charge in [-0.1, -0.05) is 26.0 Å². The molecule has 0 saturated carbocycles. The molecule has 0 saturated heterocycles. The van der Waals surface area contributed by atoms with Crippen molar-refractivity contribution in [2.45, 2.75) is 19.3 Å². The SMILES string of the molecule is CC(C)C(C(N)=O)(c1cccnc1)c1ccc2[nH]ncc2c1. The van der Waals surface area contributed by atoms with Crippen LogP contribution in [0.15, 0.2) is 48.9 Å². The molecule has 0 spiro atoms. The first-order valence-corrected chi connectivity index (χ1v) is 7.21. The lowest BCUT2D eigenvalue weighted by molar-refractivity contribution is -0.123. The summed E-state index contributed by atoms with van der Waals surface area (Å²) >= 11 is 0. The molecule has 3 rings (SSSR count). The van der Waals surface area contributed by atoms with Gasteiger partial charge in [-0.05, 0) is 35.2 Å². The van der Waals surface area contributed by atoms with Gasteiger partial charge >= 0.3 is 0 Å². The summed E-state index contributed by atoms with van der Waals surface area (Å²) in [5, 5.41) is 7.90. The molecule has 5 heteroatoms. The molecule has 1 aromatic carbocycles. The van der Waals surface area contributed by atoms with Crippen molar-refractivity contribution in [3.8, 4) is 0 Å². The Morgan fingerprint density at radius 2 is 2.05 bits per heavy atom. The predicted octanol–water partition coefficient (Wildman–Crippen LogP) is 2.39. The monoisotopic (exact) mass is 294 g/mol. The van der Waals surface area contributed by atoms with Gasteiger partial charge in [-0.2, -0.15) is 5.10 Å². The van der Waals surface area contributed by atoms with E-state index in [4.69, 9.17) is 5.73 Å². The lowest BCUT2D eigenvalue weighted by atomic mass is 9.66. The van der Waals surface area contributed by atoms with Crippen LogP contribution in [0.3, 0.4) is 0 Å². The topological polar surface area (TPSA) is 84.7 Å². The Morgan fingerprint density at radius 3 is 2.68 bits per heavy atom. The van der Waals surface area contributed by atoms with Crippen LogP contribution < -0.4 is 5.73 Å². The molecule has 22 heavy (non-hydrogen) atoms. The number of hydrogen-bond acceptors (Lipinski definition) is 3. The summed E-state index contributed by atoms with van der Waals surface area (Å²) in [5.74, 6) is -0.392. The molecule has 1 unspecified atom stereocenters. The van der Waals surface area contributed by atoms with Gasteiger partial charge in [0.05, 0.1) is 11.7 Å². The van der Waals surface area contributed by atoms with Gasteiger partial charge < -0.3 is 5.73 Å². The van der Waals surface area contributed by atoms with Crippen molar-refractivity contribution in [2.24, 2.45) is 11.7 Å². The highest BCUT2D eigenvalue weighted by molar-refractivity contribution is 5.92. The summed E-state index contributed by atoms with van der Waals surface area (Å²) in [6, 6.07) is 9.55. The normalized spacial score (nSPS) is 14.1. The number of nitrogens with one attached hydrogen (secondary N) is 1. The number of aromatic nitrogens is 3.